The molecular weight excluding hydrogens is 184 g/mol. The van der Waals surface area contributed by atoms with Crippen LogP contribution in [-0.2, 0) is 13.0 Å². The lowest BCUT2D eigenvalue weighted by Gasteiger charge is -2.18. The standard InChI is InChI=1S/C14H12O/c1-2-4-11(5-3-1)8-13-9-14-7-6-12(13)10-15-14/h1-7,9H,8,10H2. The van der Waals surface area contributed by atoms with E-state index >= 15 is 0 Å². The Kier molecular flexibility index (Phi) is 1.95. The molecule has 0 fully saturated rings. The van der Waals surface area contributed by atoms with Gasteiger partial charge in [-0.25, -0.2) is 0 Å². The average Bonchev–Trinajstić information content (AvgIpc) is 2.32. The Morgan fingerprint density at radius 2 is 1.87 bits per heavy atom. The molecular formula is C14H12O. The number of hydrogen-bond acceptors (Lipinski definition) is 1. The van der Waals surface area contributed by atoms with Gasteiger partial charge in [0.25, 0.3) is 0 Å². The maximum absolute atomic E-state index is 5.46. The van der Waals surface area contributed by atoms with E-state index in [0.29, 0.717) is 0 Å². The van der Waals surface area contributed by atoms with Gasteiger partial charge in [-0.1, -0.05) is 36.4 Å². The van der Waals surface area contributed by atoms with Crippen LogP contribution < -0.4 is 4.74 Å². The Bertz CT molecular complexity index is 474. The maximum atomic E-state index is 5.46. The molecule has 74 valence electrons. The SMILES string of the molecule is c1ccc(Cc2cc3ccc2CO3)cc1. The molecule has 2 aliphatic heterocycles. The third-order valence-corrected chi connectivity index (χ3v) is 2.81. The van der Waals surface area contributed by atoms with E-state index in [9.17, 15) is 0 Å². The van der Waals surface area contributed by atoms with Crippen LogP contribution in [0.5, 0.6) is 5.75 Å². The smallest absolute Gasteiger partial charge is 0.120 e. The van der Waals surface area contributed by atoms with Gasteiger partial charge < -0.3 is 4.74 Å². The van der Waals surface area contributed by atoms with Crippen molar-refractivity contribution in [3.05, 3.63) is 65.2 Å². The first-order valence-electron chi connectivity index (χ1n) is 5.20. The van der Waals surface area contributed by atoms with Crippen LogP contribution in [0.15, 0.2) is 48.5 Å². The lowest BCUT2D eigenvalue weighted by Crippen LogP contribution is -2.07. The van der Waals surface area contributed by atoms with Crippen molar-refractivity contribution in [3.63, 3.8) is 0 Å². The van der Waals surface area contributed by atoms with Gasteiger partial charge in [0.2, 0.25) is 0 Å². The van der Waals surface area contributed by atoms with Gasteiger partial charge in [0.15, 0.2) is 0 Å². The van der Waals surface area contributed by atoms with Gasteiger partial charge in [0, 0.05) is 0 Å². The van der Waals surface area contributed by atoms with Crippen molar-refractivity contribution in [2.24, 2.45) is 0 Å². The van der Waals surface area contributed by atoms with Crippen LogP contribution in [-0.4, -0.2) is 0 Å². The van der Waals surface area contributed by atoms with E-state index in [1.807, 2.05) is 6.07 Å². The number of hydrogen-bond donors (Lipinski definition) is 0. The van der Waals surface area contributed by atoms with Crippen LogP contribution in [0.1, 0.15) is 16.7 Å². The molecule has 4 rings (SSSR count). The average molecular weight is 196 g/mol. The van der Waals surface area contributed by atoms with Gasteiger partial charge in [-0.05, 0) is 35.2 Å². The van der Waals surface area contributed by atoms with Gasteiger partial charge in [0.1, 0.15) is 12.4 Å². The molecule has 0 saturated carbocycles. The Morgan fingerprint density at radius 1 is 1.00 bits per heavy atom. The van der Waals surface area contributed by atoms with Crippen molar-refractivity contribution in [1.29, 1.82) is 0 Å². The van der Waals surface area contributed by atoms with Crippen molar-refractivity contribution >= 4 is 0 Å². The summed E-state index contributed by atoms with van der Waals surface area (Å²) in [6.45, 7) is 0.741. The molecule has 0 spiro atoms. The molecule has 2 aromatic carbocycles. The highest BCUT2D eigenvalue weighted by atomic mass is 16.5. The number of rotatable bonds is 2. The Hall–Kier alpha value is -1.76. The van der Waals surface area contributed by atoms with Crippen molar-refractivity contribution in [2.75, 3.05) is 0 Å². The van der Waals surface area contributed by atoms with Crippen LogP contribution in [0.25, 0.3) is 0 Å². The Labute approximate surface area is 89.3 Å². The molecule has 0 amide bonds. The molecule has 0 aromatic heterocycles. The van der Waals surface area contributed by atoms with Gasteiger partial charge in [-0.15, -0.1) is 0 Å². The van der Waals surface area contributed by atoms with E-state index in [0.717, 1.165) is 18.8 Å². The Balaban J connectivity index is 1.93. The number of benzene rings is 2. The summed E-state index contributed by atoms with van der Waals surface area (Å²) in [5.74, 6) is 0.996. The fourth-order valence-corrected chi connectivity index (χ4v) is 1.97. The predicted octanol–water partition coefficient (Wildman–Crippen LogP) is 3.17. The van der Waals surface area contributed by atoms with Crippen molar-refractivity contribution in [3.8, 4) is 5.75 Å². The first-order valence-corrected chi connectivity index (χ1v) is 5.20. The van der Waals surface area contributed by atoms with E-state index in [2.05, 4.69) is 42.5 Å². The van der Waals surface area contributed by atoms with Crippen molar-refractivity contribution in [1.82, 2.24) is 0 Å². The first-order chi connectivity index (χ1) is 7.42. The minimum atomic E-state index is 0.741. The van der Waals surface area contributed by atoms with Crippen LogP contribution in [0.4, 0.5) is 0 Å². The Morgan fingerprint density at radius 3 is 2.47 bits per heavy atom. The highest BCUT2D eigenvalue weighted by molar-refractivity contribution is 5.41. The minimum absolute atomic E-state index is 0.741. The second kappa shape index (κ2) is 3.43. The summed E-state index contributed by atoms with van der Waals surface area (Å²) in [7, 11) is 0. The van der Waals surface area contributed by atoms with Crippen LogP contribution >= 0.6 is 0 Å². The summed E-state index contributed by atoms with van der Waals surface area (Å²) in [6, 6.07) is 16.9. The second-order valence-corrected chi connectivity index (χ2v) is 3.88. The van der Waals surface area contributed by atoms with Gasteiger partial charge >= 0.3 is 0 Å². The molecule has 2 aromatic rings. The second-order valence-electron chi connectivity index (χ2n) is 3.88. The lowest BCUT2D eigenvalue weighted by molar-refractivity contribution is 0.293. The largest absolute Gasteiger partial charge is 0.489 e. The van der Waals surface area contributed by atoms with Crippen molar-refractivity contribution < 1.29 is 4.74 Å². The van der Waals surface area contributed by atoms with Gasteiger partial charge in [0.05, 0.1) is 0 Å². The lowest BCUT2D eigenvalue weighted by atomic mass is 9.98. The zero-order valence-electron chi connectivity index (χ0n) is 8.44. The zero-order chi connectivity index (χ0) is 10.1. The first kappa shape index (κ1) is 8.54. The molecule has 15 heavy (non-hydrogen) atoms. The highest BCUT2D eigenvalue weighted by Crippen LogP contribution is 2.26. The molecule has 2 bridgehead atoms. The monoisotopic (exact) mass is 196 g/mol. The molecule has 2 heterocycles. The fourth-order valence-electron chi connectivity index (χ4n) is 1.97. The summed E-state index contributed by atoms with van der Waals surface area (Å²) in [6.07, 6.45) is 1.01. The van der Waals surface area contributed by atoms with Crippen LogP contribution in [0, 0.1) is 0 Å². The van der Waals surface area contributed by atoms with Gasteiger partial charge in [-0.3, -0.25) is 0 Å². The van der Waals surface area contributed by atoms with E-state index in [-0.39, 0.29) is 0 Å². The zero-order valence-corrected chi connectivity index (χ0v) is 8.44. The summed E-state index contributed by atoms with van der Waals surface area (Å²) >= 11 is 0. The van der Waals surface area contributed by atoms with E-state index < -0.39 is 0 Å². The molecule has 0 atom stereocenters. The predicted molar refractivity (Wildman–Crippen MR) is 60.0 cm³/mol. The quantitative estimate of drug-likeness (QED) is 0.716. The van der Waals surface area contributed by atoms with E-state index in [1.165, 1.54) is 16.7 Å². The molecule has 2 aliphatic rings. The third kappa shape index (κ3) is 1.61. The topological polar surface area (TPSA) is 9.23 Å². The summed E-state index contributed by atoms with van der Waals surface area (Å²) < 4.78 is 5.46. The fraction of sp³-hybridized carbons (Fsp3) is 0.143. The molecule has 0 unspecified atom stereocenters. The summed E-state index contributed by atoms with van der Waals surface area (Å²) in [5.41, 5.74) is 4.07. The summed E-state index contributed by atoms with van der Waals surface area (Å²) in [5, 5.41) is 0. The molecule has 0 radical (unpaired) electrons. The molecule has 0 N–H and O–H groups in total. The number of ether oxygens (including phenoxy) is 1. The molecule has 0 saturated heterocycles. The number of fused-ring (bicyclic) bond motifs is 3. The molecule has 0 aliphatic carbocycles. The third-order valence-electron chi connectivity index (χ3n) is 2.81. The van der Waals surface area contributed by atoms with E-state index in [4.69, 9.17) is 4.74 Å². The maximum Gasteiger partial charge on any atom is 0.120 e. The van der Waals surface area contributed by atoms with E-state index in [1.54, 1.807) is 0 Å². The van der Waals surface area contributed by atoms with Gasteiger partial charge in [-0.2, -0.15) is 0 Å². The molecule has 1 heteroatoms. The normalized spacial score (nSPS) is 12.5. The molecule has 1 nitrogen and oxygen atoms in total. The summed E-state index contributed by atoms with van der Waals surface area (Å²) in [4.78, 5) is 0. The highest BCUT2D eigenvalue weighted by Gasteiger charge is 2.11. The van der Waals surface area contributed by atoms with Crippen LogP contribution in [0.2, 0.25) is 0 Å². The minimum Gasteiger partial charge on any atom is -0.489 e. The van der Waals surface area contributed by atoms with Crippen molar-refractivity contribution in [2.45, 2.75) is 13.0 Å². The van der Waals surface area contributed by atoms with Crippen LogP contribution in [0.3, 0.4) is 0 Å².